The van der Waals surface area contributed by atoms with Crippen LogP contribution in [0.5, 0.6) is 0 Å². The van der Waals surface area contributed by atoms with Gasteiger partial charge in [-0.25, -0.2) is 0 Å². The topological polar surface area (TPSA) is 162 Å². The van der Waals surface area contributed by atoms with Crippen molar-refractivity contribution in [3.63, 3.8) is 0 Å². The standard InChI is InChI=1S/C29H45N7O6/c1-5-13-34(3)17-24(38)31-21(11-12-23(37)28(41)30-2)27(40)32-22-10-7-14-36(29(22)42)18-25(39)33-26-20-9-6-8-19(15-20)16-35(26)4/h7,10,14,19-21,26H,5-6,8-9,11-13,15-18H2,1-4H3,(H,30,41)(H,31,38)(H,32,40)(H,33,39). The molecule has 1 saturated heterocycles. The summed E-state index contributed by atoms with van der Waals surface area (Å²) in [6, 6.07) is 1.79. The molecule has 0 radical (unpaired) electrons. The first kappa shape index (κ1) is 32.9. The number of hydrogen-bond acceptors (Lipinski definition) is 8. The Hall–Kier alpha value is -3.58. The zero-order valence-corrected chi connectivity index (χ0v) is 25.1. The second kappa shape index (κ2) is 15.6. The van der Waals surface area contributed by atoms with E-state index in [0.717, 1.165) is 32.2 Å². The van der Waals surface area contributed by atoms with E-state index in [9.17, 15) is 28.8 Å². The van der Waals surface area contributed by atoms with Crippen molar-refractivity contribution in [3.05, 3.63) is 28.7 Å². The van der Waals surface area contributed by atoms with E-state index in [2.05, 4.69) is 26.2 Å². The Labute approximate surface area is 246 Å². The van der Waals surface area contributed by atoms with Crippen LogP contribution in [0.3, 0.4) is 0 Å². The number of piperidine rings is 1. The number of carbonyl (C=O) groups excluding carboxylic acids is 5. The van der Waals surface area contributed by atoms with E-state index in [1.165, 1.54) is 30.3 Å². The van der Waals surface area contributed by atoms with Gasteiger partial charge in [-0.05, 0) is 76.7 Å². The van der Waals surface area contributed by atoms with Crippen molar-refractivity contribution < 1.29 is 24.0 Å². The Bertz CT molecular complexity index is 1200. The number of Topliss-reactive ketones (excluding diaryl/α,β-unsaturated/α-hetero) is 1. The molecule has 0 spiro atoms. The number of ketones is 1. The molecule has 4 amide bonds. The van der Waals surface area contributed by atoms with Gasteiger partial charge in [0.1, 0.15) is 18.3 Å². The smallest absolute Gasteiger partial charge is 0.287 e. The number of likely N-dealkylation sites (tertiary alicyclic amines) is 1. The van der Waals surface area contributed by atoms with Gasteiger partial charge >= 0.3 is 0 Å². The van der Waals surface area contributed by atoms with Crippen LogP contribution < -0.4 is 26.8 Å². The number of rotatable bonds is 14. The lowest BCUT2D eigenvalue weighted by Gasteiger charge is -2.46. The van der Waals surface area contributed by atoms with E-state index >= 15 is 0 Å². The summed E-state index contributed by atoms with van der Waals surface area (Å²) in [4.78, 5) is 79.7. The highest BCUT2D eigenvalue weighted by atomic mass is 16.2. The predicted molar refractivity (Wildman–Crippen MR) is 157 cm³/mol. The molecule has 4 N–H and O–H groups in total. The maximum Gasteiger partial charge on any atom is 0.287 e. The van der Waals surface area contributed by atoms with Crippen LogP contribution in [-0.4, -0.2) is 96.8 Å². The fourth-order valence-electron chi connectivity index (χ4n) is 5.98. The number of nitrogens with one attached hydrogen (secondary N) is 4. The molecular formula is C29H45N7O6. The normalized spacial score (nSPS) is 20.8. The molecule has 13 heteroatoms. The molecule has 0 aromatic carbocycles. The van der Waals surface area contributed by atoms with Crippen LogP contribution in [-0.2, 0) is 30.5 Å². The van der Waals surface area contributed by atoms with Crippen molar-refractivity contribution >= 4 is 35.1 Å². The highest BCUT2D eigenvalue weighted by Gasteiger charge is 2.37. The monoisotopic (exact) mass is 587 g/mol. The van der Waals surface area contributed by atoms with Gasteiger partial charge in [-0.1, -0.05) is 13.3 Å². The lowest BCUT2D eigenvalue weighted by atomic mass is 9.76. The van der Waals surface area contributed by atoms with Crippen molar-refractivity contribution in [2.45, 2.75) is 70.6 Å². The summed E-state index contributed by atoms with van der Waals surface area (Å²) in [5.74, 6) is -1.91. The van der Waals surface area contributed by atoms with Crippen molar-refractivity contribution in [1.82, 2.24) is 30.3 Å². The first-order valence-corrected chi connectivity index (χ1v) is 14.7. The number of carbonyl (C=O) groups is 5. The average Bonchev–Trinajstić information content (AvgIpc) is 2.94. The molecule has 4 unspecified atom stereocenters. The molecule has 1 saturated carbocycles. The number of fused-ring (bicyclic) bond motifs is 2. The van der Waals surface area contributed by atoms with E-state index in [1.54, 1.807) is 18.0 Å². The molecule has 3 rings (SSSR count). The van der Waals surface area contributed by atoms with E-state index < -0.39 is 35.1 Å². The molecule has 232 valence electrons. The molecule has 1 aromatic rings. The second-order valence-electron chi connectivity index (χ2n) is 11.5. The number of hydrogen-bond donors (Lipinski definition) is 4. The maximum absolute atomic E-state index is 13.2. The van der Waals surface area contributed by atoms with Gasteiger partial charge in [0, 0.05) is 26.2 Å². The number of anilines is 1. The number of likely N-dealkylation sites (N-methyl/N-ethyl adjacent to an activating group) is 2. The van der Waals surface area contributed by atoms with Crippen LogP contribution in [0.1, 0.15) is 51.9 Å². The van der Waals surface area contributed by atoms with Crippen molar-refractivity contribution in [2.24, 2.45) is 11.8 Å². The summed E-state index contributed by atoms with van der Waals surface area (Å²) >= 11 is 0. The van der Waals surface area contributed by atoms with Crippen LogP contribution in [0, 0.1) is 11.8 Å². The summed E-state index contributed by atoms with van der Waals surface area (Å²) in [6.45, 7) is 3.41. The van der Waals surface area contributed by atoms with Crippen LogP contribution in [0.15, 0.2) is 23.1 Å². The molecule has 2 aliphatic rings. The SMILES string of the molecule is CCCN(C)CC(=O)NC(CCC(=O)C(=O)NC)C(=O)Nc1cccn(CC(=O)NC2C3CCCC(C3)CN2C)c1=O. The molecule has 2 fully saturated rings. The summed E-state index contributed by atoms with van der Waals surface area (Å²) in [5, 5.41) is 10.5. The van der Waals surface area contributed by atoms with Crippen LogP contribution in [0.25, 0.3) is 0 Å². The van der Waals surface area contributed by atoms with Crippen LogP contribution >= 0.6 is 0 Å². The van der Waals surface area contributed by atoms with Gasteiger partial charge in [-0.15, -0.1) is 0 Å². The van der Waals surface area contributed by atoms with Gasteiger partial charge in [-0.3, -0.25) is 38.6 Å². The maximum atomic E-state index is 13.2. The number of pyridine rings is 1. The lowest BCUT2D eigenvalue weighted by Crippen LogP contribution is -2.57. The van der Waals surface area contributed by atoms with Crippen molar-refractivity contribution in [3.8, 4) is 0 Å². The van der Waals surface area contributed by atoms with Gasteiger partial charge in [0.15, 0.2) is 0 Å². The summed E-state index contributed by atoms with van der Waals surface area (Å²) in [6.07, 6.45) is 6.36. The van der Waals surface area contributed by atoms with Gasteiger partial charge in [-0.2, -0.15) is 0 Å². The Morgan fingerprint density at radius 3 is 2.62 bits per heavy atom. The highest BCUT2D eigenvalue weighted by Crippen LogP contribution is 2.36. The van der Waals surface area contributed by atoms with Crippen LogP contribution in [0.2, 0.25) is 0 Å². The molecular weight excluding hydrogens is 542 g/mol. The minimum atomic E-state index is -1.17. The lowest BCUT2D eigenvalue weighted by molar-refractivity contribution is -0.138. The molecule has 42 heavy (non-hydrogen) atoms. The minimum Gasteiger partial charge on any atom is -0.353 e. The number of aromatic nitrogens is 1. The molecule has 13 nitrogen and oxygen atoms in total. The summed E-state index contributed by atoms with van der Waals surface area (Å²) in [7, 11) is 5.11. The first-order valence-electron chi connectivity index (χ1n) is 14.7. The molecule has 2 heterocycles. The fourth-order valence-corrected chi connectivity index (χ4v) is 5.98. The first-order chi connectivity index (χ1) is 20.0. The van der Waals surface area contributed by atoms with E-state index in [1.807, 2.05) is 14.0 Å². The van der Waals surface area contributed by atoms with Crippen LogP contribution in [0.4, 0.5) is 5.69 Å². The molecule has 1 aliphatic carbocycles. The molecule has 4 atom stereocenters. The zero-order chi connectivity index (χ0) is 30.8. The van der Waals surface area contributed by atoms with Crippen molar-refractivity contribution in [1.29, 1.82) is 0 Å². The Morgan fingerprint density at radius 2 is 1.90 bits per heavy atom. The Kier molecular flexibility index (Phi) is 12.2. The third kappa shape index (κ3) is 9.21. The third-order valence-electron chi connectivity index (χ3n) is 8.00. The average molecular weight is 588 g/mol. The Morgan fingerprint density at radius 1 is 1.14 bits per heavy atom. The molecule has 1 aliphatic heterocycles. The van der Waals surface area contributed by atoms with Gasteiger partial charge in [0.25, 0.3) is 11.5 Å². The van der Waals surface area contributed by atoms with E-state index in [-0.39, 0.29) is 43.7 Å². The van der Waals surface area contributed by atoms with E-state index in [0.29, 0.717) is 18.4 Å². The number of amides is 4. The zero-order valence-electron chi connectivity index (χ0n) is 25.1. The number of nitrogens with zero attached hydrogens (tertiary/aromatic N) is 3. The largest absolute Gasteiger partial charge is 0.353 e. The quantitative estimate of drug-likeness (QED) is 0.220. The van der Waals surface area contributed by atoms with Gasteiger partial charge in [0.05, 0.1) is 12.7 Å². The van der Waals surface area contributed by atoms with Gasteiger partial charge in [0.2, 0.25) is 23.5 Å². The second-order valence-corrected chi connectivity index (χ2v) is 11.5. The summed E-state index contributed by atoms with van der Waals surface area (Å²) < 4.78 is 1.22. The third-order valence-corrected chi connectivity index (χ3v) is 8.00. The predicted octanol–water partition coefficient (Wildman–Crippen LogP) is -0.0972. The van der Waals surface area contributed by atoms with Gasteiger partial charge < -0.3 is 25.8 Å². The Balaban J connectivity index is 1.67. The van der Waals surface area contributed by atoms with E-state index in [4.69, 9.17) is 0 Å². The highest BCUT2D eigenvalue weighted by molar-refractivity contribution is 6.36. The molecule has 2 bridgehead atoms. The summed E-state index contributed by atoms with van der Waals surface area (Å²) in [5.41, 5.74) is -0.648. The minimum absolute atomic E-state index is 0.0337. The van der Waals surface area contributed by atoms with Crippen molar-refractivity contribution in [2.75, 3.05) is 46.1 Å². The molecule has 1 aromatic heterocycles. The fraction of sp³-hybridized carbons (Fsp3) is 0.655.